The summed E-state index contributed by atoms with van der Waals surface area (Å²) < 4.78 is 42.7. The van der Waals surface area contributed by atoms with Gasteiger partial charge in [-0.05, 0) is 30.5 Å². The summed E-state index contributed by atoms with van der Waals surface area (Å²) in [7, 11) is 0. The van der Waals surface area contributed by atoms with Gasteiger partial charge in [-0.3, -0.25) is 9.36 Å². The lowest BCUT2D eigenvalue weighted by Crippen LogP contribution is -2.42. The van der Waals surface area contributed by atoms with E-state index in [2.05, 4.69) is 5.10 Å². The molecule has 1 saturated heterocycles. The molecule has 1 aromatic carbocycles. The Morgan fingerprint density at radius 1 is 1.25 bits per heavy atom. The van der Waals surface area contributed by atoms with E-state index in [-0.39, 0.29) is 24.7 Å². The van der Waals surface area contributed by atoms with E-state index in [4.69, 9.17) is 11.6 Å². The Labute approximate surface area is 163 Å². The maximum Gasteiger partial charge on any atom is 0.346 e. The van der Waals surface area contributed by atoms with E-state index in [1.807, 2.05) is 0 Å². The van der Waals surface area contributed by atoms with Crippen molar-refractivity contribution < 1.29 is 18.0 Å². The number of aromatic nitrogens is 3. The Hall–Kier alpha value is -2.29. The molecule has 6 nitrogen and oxygen atoms in total. The zero-order valence-electron chi connectivity index (χ0n) is 14.8. The van der Waals surface area contributed by atoms with E-state index in [0.29, 0.717) is 30.7 Å². The molecule has 28 heavy (non-hydrogen) atoms. The molecule has 0 bridgehead atoms. The second-order valence-corrected chi connectivity index (χ2v) is 7.55. The highest BCUT2D eigenvalue weighted by atomic mass is 35.5. The molecule has 3 atom stereocenters. The molecule has 1 aromatic heterocycles. The van der Waals surface area contributed by atoms with Crippen LogP contribution in [0.5, 0.6) is 0 Å². The summed E-state index contributed by atoms with van der Waals surface area (Å²) in [5, 5.41) is 4.47. The van der Waals surface area contributed by atoms with Crippen molar-refractivity contribution in [2.24, 2.45) is 0 Å². The normalized spacial score (nSPS) is 24.4. The quantitative estimate of drug-likeness (QED) is 0.774. The summed E-state index contributed by atoms with van der Waals surface area (Å²) in [4.78, 5) is 26.8. The number of benzene rings is 1. The van der Waals surface area contributed by atoms with Crippen LogP contribution in [-0.4, -0.2) is 50.6 Å². The third-order valence-electron chi connectivity index (χ3n) is 5.24. The van der Waals surface area contributed by atoms with Crippen molar-refractivity contribution >= 4 is 17.5 Å². The molecule has 0 spiro atoms. The van der Waals surface area contributed by atoms with Crippen LogP contribution < -0.4 is 5.69 Å². The molecule has 0 saturated carbocycles. The van der Waals surface area contributed by atoms with Gasteiger partial charge in [-0.25, -0.2) is 22.6 Å². The average Bonchev–Trinajstić information content (AvgIpc) is 3.16. The van der Waals surface area contributed by atoms with Gasteiger partial charge in [0, 0.05) is 11.4 Å². The van der Waals surface area contributed by atoms with Crippen LogP contribution in [0.2, 0.25) is 5.02 Å². The first-order chi connectivity index (χ1) is 13.3. The maximum atomic E-state index is 13.5. The zero-order valence-corrected chi connectivity index (χ0v) is 15.6. The number of alkyl halides is 2. The van der Waals surface area contributed by atoms with Crippen LogP contribution in [-0.2, 0) is 17.8 Å². The number of fused-ring (bicyclic) bond motifs is 1. The van der Waals surface area contributed by atoms with Crippen LogP contribution in [0, 0.1) is 5.82 Å². The van der Waals surface area contributed by atoms with Gasteiger partial charge in [-0.15, -0.1) is 0 Å². The number of aryl methyl sites for hydroxylation is 1. The van der Waals surface area contributed by atoms with Gasteiger partial charge in [0.25, 0.3) is 0 Å². The predicted octanol–water partition coefficient (Wildman–Crippen LogP) is 2.28. The van der Waals surface area contributed by atoms with Crippen LogP contribution in [0.3, 0.4) is 0 Å². The summed E-state index contributed by atoms with van der Waals surface area (Å²) in [6.45, 7) is -0.582. The van der Waals surface area contributed by atoms with Gasteiger partial charge in [0.15, 0.2) is 12.3 Å². The Balaban J connectivity index is 1.63. The SMILES string of the molecule is O=C([C@@H]1CCCc2nn(Cc3ccc(F)cc3Cl)c(=O)n21)N1C[C@@H](F)[C@@H](F)C1. The summed E-state index contributed by atoms with van der Waals surface area (Å²) >= 11 is 6.03. The fourth-order valence-electron chi connectivity index (χ4n) is 3.79. The molecule has 0 N–H and O–H groups in total. The number of halogens is 4. The van der Waals surface area contributed by atoms with Crippen molar-refractivity contribution in [2.75, 3.05) is 13.1 Å². The van der Waals surface area contributed by atoms with Gasteiger partial charge in [-0.1, -0.05) is 17.7 Å². The highest BCUT2D eigenvalue weighted by Crippen LogP contribution is 2.27. The second-order valence-electron chi connectivity index (χ2n) is 7.15. The van der Waals surface area contributed by atoms with Gasteiger partial charge in [0.05, 0.1) is 19.6 Å². The highest BCUT2D eigenvalue weighted by Gasteiger charge is 2.40. The molecule has 0 radical (unpaired) electrons. The number of amides is 1. The molecule has 4 rings (SSSR count). The van der Waals surface area contributed by atoms with Crippen molar-refractivity contribution in [1.29, 1.82) is 0 Å². The highest BCUT2D eigenvalue weighted by molar-refractivity contribution is 6.31. The third kappa shape index (κ3) is 3.32. The van der Waals surface area contributed by atoms with Crippen LogP contribution in [0.15, 0.2) is 23.0 Å². The molecule has 2 aliphatic rings. The van der Waals surface area contributed by atoms with E-state index < -0.39 is 35.8 Å². The van der Waals surface area contributed by atoms with E-state index in [0.717, 1.165) is 11.0 Å². The lowest BCUT2D eigenvalue weighted by atomic mass is 10.0. The predicted molar refractivity (Wildman–Crippen MR) is 95.3 cm³/mol. The Bertz CT molecular complexity index is 966. The molecule has 2 aliphatic heterocycles. The first-order valence-corrected chi connectivity index (χ1v) is 9.42. The number of hydrogen-bond acceptors (Lipinski definition) is 3. The molecule has 0 unspecified atom stereocenters. The van der Waals surface area contributed by atoms with Crippen LogP contribution in [0.1, 0.15) is 30.3 Å². The number of rotatable bonds is 3. The molecule has 1 fully saturated rings. The summed E-state index contributed by atoms with van der Waals surface area (Å²) in [5.74, 6) is -0.510. The van der Waals surface area contributed by atoms with Gasteiger partial charge < -0.3 is 4.90 Å². The number of nitrogens with zero attached hydrogens (tertiary/aromatic N) is 4. The Morgan fingerprint density at radius 3 is 2.64 bits per heavy atom. The fourth-order valence-corrected chi connectivity index (χ4v) is 4.02. The number of carbonyl (C=O) groups excluding carboxylic acids is 1. The van der Waals surface area contributed by atoms with Crippen LogP contribution >= 0.6 is 11.6 Å². The molecule has 0 aliphatic carbocycles. The molecule has 1 amide bonds. The monoisotopic (exact) mass is 414 g/mol. The zero-order chi connectivity index (χ0) is 20.0. The molecule has 2 aromatic rings. The van der Waals surface area contributed by atoms with Crippen molar-refractivity contribution in [3.8, 4) is 0 Å². The first kappa shape index (κ1) is 19.0. The van der Waals surface area contributed by atoms with Crippen LogP contribution in [0.25, 0.3) is 0 Å². The second kappa shape index (κ2) is 7.27. The minimum Gasteiger partial charge on any atom is -0.335 e. The van der Waals surface area contributed by atoms with E-state index in [1.165, 1.54) is 21.4 Å². The fraction of sp³-hybridized carbons (Fsp3) is 0.500. The van der Waals surface area contributed by atoms with Gasteiger partial charge in [-0.2, -0.15) is 5.10 Å². The number of hydrogen-bond donors (Lipinski definition) is 0. The lowest BCUT2D eigenvalue weighted by Gasteiger charge is -2.26. The topological polar surface area (TPSA) is 60.1 Å². The van der Waals surface area contributed by atoms with Crippen molar-refractivity contribution in [3.05, 3.63) is 50.9 Å². The summed E-state index contributed by atoms with van der Waals surface area (Å²) in [6, 6.07) is 3.03. The minimum absolute atomic E-state index is 0.0294. The third-order valence-corrected chi connectivity index (χ3v) is 5.60. The van der Waals surface area contributed by atoms with Crippen molar-refractivity contribution in [2.45, 2.75) is 44.2 Å². The van der Waals surface area contributed by atoms with Crippen molar-refractivity contribution in [1.82, 2.24) is 19.2 Å². The molecule has 150 valence electrons. The van der Waals surface area contributed by atoms with Crippen LogP contribution in [0.4, 0.5) is 13.2 Å². The standard InChI is InChI=1S/C18H18ClF3N4O2/c19-12-6-11(20)5-4-10(12)7-25-18(28)26-15(2-1-3-16(26)23-25)17(27)24-8-13(21)14(22)9-24/h4-6,13-15H,1-3,7-9H2/t13-,14+,15-/m0/s1. The van der Waals surface area contributed by atoms with E-state index >= 15 is 0 Å². The van der Waals surface area contributed by atoms with Crippen molar-refractivity contribution in [3.63, 3.8) is 0 Å². The lowest BCUT2D eigenvalue weighted by molar-refractivity contribution is -0.134. The van der Waals surface area contributed by atoms with Gasteiger partial charge >= 0.3 is 5.69 Å². The summed E-state index contributed by atoms with van der Waals surface area (Å²) in [6.07, 6.45) is -1.85. The molecular weight excluding hydrogens is 397 g/mol. The molecule has 3 heterocycles. The Morgan fingerprint density at radius 2 is 1.96 bits per heavy atom. The first-order valence-electron chi connectivity index (χ1n) is 9.04. The maximum absolute atomic E-state index is 13.5. The smallest absolute Gasteiger partial charge is 0.335 e. The summed E-state index contributed by atoms with van der Waals surface area (Å²) in [5.41, 5.74) is 0.0183. The Kier molecular flexibility index (Phi) is 4.95. The van der Waals surface area contributed by atoms with E-state index in [1.54, 1.807) is 0 Å². The van der Waals surface area contributed by atoms with Gasteiger partial charge in [0.2, 0.25) is 5.91 Å². The minimum atomic E-state index is -1.70. The molecule has 10 heteroatoms. The number of carbonyl (C=O) groups is 1. The van der Waals surface area contributed by atoms with Gasteiger partial charge in [0.1, 0.15) is 17.7 Å². The number of likely N-dealkylation sites (tertiary alicyclic amines) is 1. The van der Waals surface area contributed by atoms with E-state index in [9.17, 15) is 22.8 Å². The largest absolute Gasteiger partial charge is 0.346 e. The molecular formula is C18H18ClF3N4O2. The average molecular weight is 415 g/mol.